The summed E-state index contributed by atoms with van der Waals surface area (Å²) in [6, 6.07) is 11.4. The first-order valence-electron chi connectivity index (χ1n) is 8.64. The summed E-state index contributed by atoms with van der Waals surface area (Å²) in [5.41, 5.74) is 9.30. The van der Waals surface area contributed by atoms with Crippen molar-refractivity contribution < 1.29 is 9.59 Å². The Morgan fingerprint density at radius 2 is 2.04 bits per heavy atom. The van der Waals surface area contributed by atoms with Crippen molar-refractivity contribution in [2.45, 2.75) is 33.4 Å². The maximum atomic E-state index is 12.7. The molecule has 0 saturated carbocycles. The Labute approximate surface area is 162 Å². The predicted molar refractivity (Wildman–Crippen MR) is 107 cm³/mol. The summed E-state index contributed by atoms with van der Waals surface area (Å²) in [4.78, 5) is 25.0. The molecule has 6 nitrogen and oxygen atoms in total. The molecule has 7 heteroatoms. The van der Waals surface area contributed by atoms with Gasteiger partial charge in [-0.15, -0.1) is 11.3 Å². The van der Waals surface area contributed by atoms with Crippen LogP contribution in [0.4, 0.5) is 0 Å². The van der Waals surface area contributed by atoms with Crippen LogP contribution in [-0.2, 0) is 11.3 Å². The molecule has 3 N–H and O–H groups in total. The van der Waals surface area contributed by atoms with Crippen LogP contribution in [-0.4, -0.2) is 21.6 Å². The zero-order valence-electron chi connectivity index (χ0n) is 15.5. The number of aromatic nitrogens is 2. The Kier molecular flexibility index (Phi) is 5.41. The molecule has 0 saturated heterocycles. The topological polar surface area (TPSA) is 90.0 Å². The minimum Gasteiger partial charge on any atom is -0.368 e. The largest absolute Gasteiger partial charge is 0.368 e. The summed E-state index contributed by atoms with van der Waals surface area (Å²) in [5.74, 6) is -0.569. The SMILES string of the molecule is Cc1nn(CC(N)=O)c(C)c1-c1cccc(C(=O)N[C@H](C)c2cccs2)c1. The second kappa shape index (κ2) is 7.75. The van der Waals surface area contributed by atoms with E-state index in [4.69, 9.17) is 5.73 Å². The van der Waals surface area contributed by atoms with Crippen molar-refractivity contribution in [1.29, 1.82) is 0 Å². The molecular formula is C20H22N4O2S. The lowest BCUT2D eigenvalue weighted by Crippen LogP contribution is -2.26. The zero-order chi connectivity index (χ0) is 19.6. The minimum atomic E-state index is -0.442. The van der Waals surface area contributed by atoms with Crippen molar-refractivity contribution >= 4 is 23.2 Å². The molecule has 0 spiro atoms. The molecule has 0 unspecified atom stereocenters. The van der Waals surface area contributed by atoms with Gasteiger partial charge in [-0.3, -0.25) is 14.3 Å². The highest BCUT2D eigenvalue weighted by atomic mass is 32.1. The van der Waals surface area contributed by atoms with Gasteiger partial charge < -0.3 is 11.1 Å². The lowest BCUT2D eigenvalue weighted by molar-refractivity contribution is -0.118. The van der Waals surface area contributed by atoms with Gasteiger partial charge in [-0.05, 0) is 49.9 Å². The Balaban J connectivity index is 1.87. The van der Waals surface area contributed by atoms with Gasteiger partial charge in [0, 0.05) is 21.7 Å². The Morgan fingerprint density at radius 1 is 1.26 bits per heavy atom. The van der Waals surface area contributed by atoms with Crippen molar-refractivity contribution in [2.75, 3.05) is 0 Å². The van der Waals surface area contributed by atoms with E-state index in [0.717, 1.165) is 27.4 Å². The highest BCUT2D eigenvalue weighted by Crippen LogP contribution is 2.28. The quantitative estimate of drug-likeness (QED) is 0.686. The van der Waals surface area contributed by atoms with Crippen molar-refractivity contribution in [1.82, 2.24) is 15.1 Å². The first-order chi connectivity index (χ1) is 12.9. The number of carbonyl (C=O) groups is 2. The highest BCUT2D eigenvalue weighted by Gasteiger charge is 2.17. The summed E-state index contributed by atoms with van der Waals surface area (Å²) >= 11 is 1.62. The number of hydrogen-bond acceptors (Lipinski definition) is 4. The number of aryl methyl sites for hydroxylation is 1. The Bertz CT molecular complexity index is 976. The number of nitrogens with two attached hydrogens (primary N) is 1. The van der Waals surface area contributed by atoms with E-state index >= 15 is 0 Å². The number of rotatable bonds is 6. The van der Waals surface area contributed by atoms with Gasteiger partial charge in [-0.25, -0.2) is 0 Å². The number of nitrogens with zero attached hydrogens (tertiary/aromatic N) is 2. The first kappa shape index (κ1) is 18.8. The standard InChI is InChI=1S/C20H22N4O2S/c1-12(17-8-5-9-27-17)22-20(26)16-7-4-6-15(10-16)19-13(2)23-24(14(19)3)11-18(21)25/h4-10,12H,11H2,1-3H3,(H2,21,25)(H,22,26)/t12-/m1/s1. The molecule has 2 aromatic heterocycles. The molecule has 0 aliphatic heterocycles. The van der Waals surface area contributed by atoms with Gasteiger partial charge >= 0.3 is 0 Å². The smallest absolute Gasteiger partial charge is 0.251 e. The van der Waals surface area contributed by atoms with Gasteiger partial charge in [0.2, 0.25) is 5.91 Å². The second-order valence-electron chi connectivity index (χ2n) is 6.46. The van der Waals surface area contributed by atoms with Crippen LogP contribution in [0.15, 0.2) is 41.8 Å². The molecule has 140 valence electrons. The third-order valence-corrected chi connectivity index (χ3v) is 5.47. The summed E-state index contributed by atoms with van der Waals surface area (Å²) in [6.07, 6.45) is 0. The van der Waals surface area contributed by atoms with E-state index < -0.39 is 5.91 Å². The molecule has 2 heterocycles. The lowest BCUT2D eigenvalue weighted by Gasteiger charge is -2.13. The second-order valence-corrected chi connectivity index (χ2v) is 7.44. The van der Waals surface area contributed by atoms with Crippen LogP contribution in [0.25, 0.3) is 11.1 Å². The van der Waals surface area contributed by atoms with Gasteiger partial charge in [0.25, 0.3) is 5.91 Å². The zero-order valence-corrected chi connectivity index (χ0v) is 16.3. The number of amides is 2. The lowest BCUT2D eigenvalue weighted by atomic mass is 10.0. The van der Waals surface area contributed by atoms with E-state index in [-0.39, 0.29) is 18.5 Å². The Hall–Kier alpha value is -2.93. The number of benzene rings is 1. The minimum absolute atomic E-state index is 0.0329. The first-order valence-corrected chi connectivity index (χ1v) is 9.51. The molecular weight excluding hydrogens is 360 g/mol. The third-order valence-electron chi connectivity index (χ3n) is 4.42. The van der Waals surface area contributed by atoms with Gasteiger partial charge in [0.15, 0.2) is 0 Å². The van der Waals surface area contributed by atoms with Crippen molar-refractivity contribution in [2.24, 2.45) is 5.73 Å². The summed E-state index contributed by atoms with van der Waals surface area (Å²) in [7, 11) is 0. The molecule has 3 aromatic rings. The summed E-state index contributed by atoms with van der Waals surface area (Å²) < 4.78 is 1.60. The van der Waals surface area contributed by atoms with Crippen molar-refractivity contribution in [3.63, 3.8) is 0 Å². The number of thiophene rings is 1. The van der Waals surface area contributed by atoms with Crippen LogP contribution in [0.1, 0.15) is 39.6 Å². The van der Waals surface area contributed by atoms with E-state index in [1.165, 1.54) is 0 Å². The number of primary amides is 1. The maximum absolute atomic E-state index is 12.7. The van der Waals surface area contributed by atoms with Gasteiger partial charge in [-0.1, -0.05) is 18.2 Å². The van der Waals surface area contributed by atoms with Crippen molar-refractivity contribution in [3.8, 4) is 11.1 Å². The summed E-state index contributed by atoms with van der Waals surface area (Å²) in [5, 5.41) is 9.42. The molecule has 27 heavy (non-hydrogen) atoms. The number of hydrogen-bond donors (Lipinski definition) is 2. The normalized spacial score (nSPS) is 12.0. The van der Waals surface area contributed by atoms with Crippen LogP contribution < -0.4 is 11.1 Å². The maximum Gasteiger partial charge on any atom is 0.251 e. The van der Waals surface area contributed by atoms with E-state index in [2.05, 4.69) is 10.4 Å². The molecule has 0 bridgehead atoms. The third kappa shape index (κ3) is 4.09. The molecule has 0 fully saturated rings. The molecule has 0 aliphatic carbocycles. The predicted octanol–water partition coefficient (Wildman–Crippen LogP) is 3.20. The number of nitrogens with one attached hydrogen (secondary N) is 1. The average Bonchev–Trinajstić information content (AvgIpc) is 3.24. The molecule has 1 aromatic carbocycles. The van der Waals surface area contributed by atoms with Crippen LogP contribution in [0.5, 0.6) is 0 Å². The number of carbonyl (C=O) groups excluding carboxylic acids is 2. The highest BCUT2D eigenvalue weighted by molar-refractivity contribution is 7.10. The van der Waals surface area contributed by atoms with Gasteiger partial charge in [0.05, 0.1) is 11.7 Å². The molecule has 0 radical (unpaired) electrons. The van der Waals surface area contributed by atoms with Crippen LogP contribution in [0.3, 0.4) is 0 Å². The van der Waals surface area contributed by atoms with E-state index in [1.807, 2.05) is 56.5 Å². The van der Waals surface area contributed by atoms with Gasteiger partial charge in [0.1, 0.15) is 6.54 Å². The monoisotopic (exact) mass is 382 g/mol. The molecule has 0 aliphatic rings. The fourth-order valence-electron chi connectivity index (χ4n) is 3.12. The summed E-state index contributed by atoms with van der Waals surface area (Å²) in [6.45, 7) is 5.77. The van der Waals surface area contributed by atoms with Crippen LogP contribution >= 0.6 is 11.3 Å². The van der Waals surface area contributed by atoms with E-state index in [0.29, 0.717) is 5.56 Å². The van der Waals surface area contributed by atoms with Crippen LogP contribution in [0, 0.1) is 13.8 Å². The van der Waals surface area contributed by atoms with E-state index in [9.17, 15) is 9.59 Å². The molecule has 1 atom stereocenters. The average molecular weight is 382 g/mol. The Morgan fingerprint density at radius 3 is 2.70 bits per heavy atom. The molecule has 2 amide bonds. The fraction of sp³-hybridized carbons (Fsp3) is 0.250. The van der Waals surface area contributed by atoms with Gasteiger partial charge in [-0.2, -0.15) is 5.10 Å². The van der Waals surface area contributed by atoms with Crippen LogP contribution in [0.2, 0.25) is 0 Å². The molecule has 3 rings (SSSR count). The fourth-order valence-corrected chi connectivity index (χ4v) is 3.86. The van der Waals surface area contributed by atoms with E-state index in [1.54, 1.807) is 22.1 Å². The van der Waals surface area contributed by atoms with Crippen molar-refractivity contribution in [3.05, 3.63) is 63.6 Å².